The Morgan fingerprint density at radius 2 is 2.11 bits per heavy atom. The zero-order valence-electron chi connectivity index (χ0n) is 8.93. The quantitative estimate of drug-likeness (QED) is 0.525. The van der Waals surface area contributed by atoms with Crippen LogP contribution in [0.4, 0.5) is 21.5 Å². The lowest BCUT2D eigenvalue weighted by molar-refractivity contribution is -0.384. The highest BCUT2D eigenvalue weighted by Gasteiger charge is 2.14. The van der Waals surface area contributed by atoms with Gasteiger partial charge in [-0.15, -0.1) is 0 Å². The molecule has 1 aromatic heterocycles. The molecule has 7 heteroatoms. The van der Waals surface area contributed by atoms with Crippen molar-refractivity contribution in [3.05, 3.63) is 57.6 Å². The third-order valence-corrected chi connectivity index (χ3v) is 2.39. The summed E-state index contributed by atoms with van der Waals surface area (Å²) in [4.78, 5) is 14.0. The van der Waals surface area contributed by atoms with Gasteiger partial charge in [-0.1, -0.05) is 11.6 Å². The van der Waals surface area contributed by atoms with E-state index < -0.39 is 10.7 Å². The second-order valence-electron chi connectivity index (χ2n) is 3.41. The third kappa shape index (κ3) is 2.72. The second kappa shape index (κ2) is 4.97. The molecule has 0 aliphatic rings. The van der Waals surface area contributed by atoms with Crippen molar-refractivity contribution in [2.24, 2.45) is 0 Å². The van der Waals surface area contributed by atoms with Crippen LogP contribution in [0.5, 0.6) is 0 Å². The molecule has 18 heavy (non-hydrogen) atoms. The summed E-state index contributed by atoms with van der Waals surface area (Å²) in [6.45, 7) is 0. The van der Waals surface area contributed by atoms with Crippen molar-refractivity contribution in [2.75, 3.05) is 5.32 Å². The van der Waals surface area contributed by atoms with E-state index in [1.165, 1.54) is 12.3 Å². The predicted molar refractivity (Wildman–Crippen MR) is 65.6 cm³/mol. The van der Waals surface area contributed by atoms with Gasteiger partial charge in [0.15, 0.2) is 0 Å². The van der Waals surface area contributed by atoms with E-state index in [4.69, 9.17) is 11.6 Å². The lowest BCUT2D eigenvalue weighted by atomic mass is 10.2. The summed E-state index contributed by atoms with van der Waals surface area (Å²) in [7, 11) is 0. The Morgan fingerprint density at radius 3 is 2.72 bits per heavy atom. The number of anilines is 2. The largest absolute Gasteiger partial charge is 0.349 e. The highest BCUT2D eigenvalue weighted by Crippen LogP contribution is 2.28. The number of nitro benzene ring substituents is 1. The maximum Gasteiger partial charge on any atom is 0.292 e. The van der Waals surface area contributed by atoms with Gasteiger partial charge in [-0.3, -0.25) is 10.1 Å². The van der Waals surface area contributed by atoms with Crippen LogP contribution in [0.15, 0.2) is 36.5 Å². The molecule has 1 aromatic carbocycles. The highest BCUT2D eigenvalue weighted by molar-refractivity contribution is 6.29. The lowest BCUT2D eigenvalue weighted by Gasteiger charge is -2.06. The molecule has 2 rings (SSSR count). The van der Waals surface area contributed by atoms with Gasteiger partial charge in [-0.2, -0.15) is 0 Å². The van der Waals surface area contributed by atoms with Gasteiger partial charge in [0.2, 0.25) is 0 Å². The van der Waals surface area contributed by atoms with Crippen LogP contribution in [0, 0.1) is 15.9 Å². The Labute approximate surface area is 106 Å². The summed E-state index contributed by atoms with van der Waals surface area (Å²) in [5.41, 5.74) is 0.323. The van der Waals surface area contributed by atoms with Crippen LogP contribution in [0.25, 0.3) is 0 Å². The number of benzene rings is 1. The Balaban J connectivity index is 2.35. The zero-order chi connectivity index (χ0) is 13.1. The molecule has 0 spiro atoms. The number of pyridine rings is 1. The van der Waals surface area contributed by atoms with Crippen molar-refractivity contribution in [3.8, 4) is 0 Å². The highest BCUT2D eigenvalue weighted by atomic mass is 35.5. The summed E-state index contributed by atoms with van der Waals surface area (Å²) in [5.74, 6) is -0.565. The molecular formula is C11H7ClFN3O2. The van der Waals surface area contributed by atoms with E-state index in [0.717, 1.165) is 18.2 Å². The van der Waals surface area contributed by atoms with E-state index in [9.17, 15) is 14.5 Å². The average molecular weight is 268 g/mol. The van der Waals surface area contributed by atoms with Crippen molar-refractivity contribution in [1.29, 1.82) is 0 Å². The molecule has 0 radical (unpaired) electrons. The summed E-state index contributed by atoms with van der Waals surface area (Å²) in [6, 6.07) is 6.29. The van der Waals surface area contributed by atoms with Gasteiger partial charge >= 0.3 is 0 Å². The minimum Gasteiger partial charge on any atom is -0.349 e. The van der Waals surface area contributed by atoms with Crippen molar-refractivity contribution < 1.29 is 9.31 Å². The number of halogens is 2. The van der Waals surface area contributed by atoms with E-state index in [0.29, 0.717) is 10.8 Å². The van der Waals surface area contributed by atoms with E-state index in [1.807, 2.05) is 0 Å². The predicted octanol–water partition coefficient (Wildman–Crippen LogP) is 3.53. The maximum absolute atomic E-state index is 13.1. The van der Waals surface area contributed by atoms with Crippen LogP contribution < -0.4 is 5.32 Å². The van der Waals surface area contributed by atoms with Gasteiger partial charge in [0, 0.05) is 12.1 Å². The van der Waals surface area contributed by atoms with Gasteiger partial charge in [-0.05, 0) is 18.2 Å². The summed E-state index contributed by atoms with van der Waals surface area (Å²) < 4.78 is 13.1. The SMILES string of the molecule is O=[N+]([O-])c1ccc(F)cc1Nc1ccc(Cl)nc1. The molecule has 0 saturated carbocycles. The van der Waals surface area contributed by atoms with E-state index in [1.54, 1.807) is 6.07 Å². The Morgan fingerprint density at radius 1 is 1.33 bits per heavy atom. The zero-order valence-corrected chi connectivity index (χ0v) is 9.69. The van der Waals surface area contributed by atoms with Crippen LogP contribution in [0.1, 0.15) is 0 Å². The number of nitrogens with one attached hydrogen (secondary N) is 1. The Kier molecular flexibility index (Phi) is 3.38. The van der Waals surface area contributed by atoms with Crippen LogP contribution in [-0.2, 0) is 0 Å². The van der Waals surface area contributed by atoms with Crippen LogP contribution in [0.2, 0.25) is 5.15 Å². The number of rotatable bonds is 3. The minimum absolute atomic E-state index is 0.0594. The van der Waals surface area contributed by atoms with Gasteiger partial charge in [0.1, 0.15) is 16.7 Å². The van der Waals surface area contributed by atoms with Gasteiger partial charge < -0.3 is 5.32 Å². The number of aromatic nitrogens is 1. The first-order valence-corrected chi connectivity index (χ1v) is 5.26. The Bertz CT molecular complexity index is 589. The fourth-order valence-corrected chi connectivity index (χ4v) is 1.48. The number of hydrogen-bond acceptors (Lipinski definition) is 4. The minimum atomic E-state index is -0.592. The fourth-order valence-electron chi connectivity index (χ4n) is 1.37. The molecule has 5 nitrogen and oxygen atoms in total. The summed E-state index contributed by atoms with van der Waals surface area (Å²) in [5, 5.41) is 13.8. The van der Waals surface area contributed by atoms with Crippen LogP contribution in [0.3, 0.4) is 0 Å². The first kappa shape index (κ1) is 12.3. The average Bonchev–Trinajstić information content (AvgIpc) is 2.32. The monoisotopic (exact) mass is 267 g/mol. The van der Waals surface area contributed by atoms with E-state index in [-0.39, 0.29) is 11.4 Å². The summed E-state index contributed by atoms with van der Waals surface area (Å²) >= 11 is 5.61. The summed E-state index contributed by atoms with van der Waals surface area (Å²) in [6.07, 6.45) is 1.40. The van der Waals surface area contributed by atoms with Crippen LogP contribution in [-0.4, -0.2) is 9.91 Å². The van der Waals surface area contributed by atoms with Gasteiger partial charge in [-0.25, -0.2) is 9.37 Å². The molecule has 0 amide bonds. The smallest absolute Gasteiger partial charge is 0.292 e. The molecule has 92 valence electrons. The van der Waals surface area contributed by atoms with Crippen molar-refractivity contribution in [3.63, 3.8) is 0 Å². The molecule has 0 unspecified atom stereocenters. The molecular weight excluding hydrogens is 261 g/mol. The van der Waals surface area contributed by atoms with Crippen molar-refractivity contribution in [1.82, 2.24) is 4.98 Å². The molecule has 0 aliphatic carbocycles. The molecule has 0 saturated heterocycles. The van der Waals surface area contributed by atoms with Crippen molar-refractivity contribution in [2.45, 2.75) is 0 Å². The van der Waals surface area contributed by atoms with E-state index in [2.05, 4.69) is 10.3 Å². The van der Waals surface area contributed by atoms with E-state index >= 15 is 0 Å². The maximum atomic E-state index is 13.1. The number of nitro groups is 1. The normalized spacial score (nSPS) is 10.1. The molecule has 2 aromatic rings. The topological polar surface area (TPSA) is 68.1 Å². The second-order valence-corrected chi connectivity index (χ2v) is 3.80. The first-order valence-electron chi connectivity index (χ1n) is 4.89. The Hall–Kier alpha value is -2.21. The molecule has 0 fully saturated rings. The molecule has 0 atom stereocenters. The fraction of sp³-hybridized carbons (Fsp3) is 0. The molecule has 1 heterocycles. The van der Waals surface area contributed by atoms with Gasteiger partial charge in [0.05, 0.1) is 16.8 Å². The lowest BCUT2D eigenvalue weighted by Crippen LogP contribution is -1.98. The number of hydrogen-bond donors (Lipinski definition) is 1. The molecule has 0 aliphatic heterocycles. The first-order chi connectivity index (χ1) is 8.56. The number of nitrogens with zero attached hydrogens (tertiary/aromatic N) is 2. The van der Waals surface area contributed by atoms with Crippen LogP contribution >= 0.6 is 11.6 Å². The third-order valence-electron chi connectivity index (χ3n) is 2.16. The standard InChI is InChI=1S/C11H7ClFN3O2/c12-11-4-2-8(6-14-11)15-9-5-7(13)1-3-10(9)16(17)18/h1-6,15H. The molecule has 0 bridgehead atoms. The van der Waals surface area contributed by atoms with Gasteiger partial charge in [0.25, 0.3) is 5.69 Å². The van der Waals surface area contributed by atoms with Crippen molar-refractivity contribution >= 4 is 28.7 Å². The molecule has 1 N–H and O–H groups in total.